The molecule has 1 aromatic rings. The van der Waals surface area contributed by atoms with E-state index in [9.17, 15) is 0 Å². The molecule has 0 bridgehead atoms. The summed E-state index contributed by atoms with van der Waals surface area (Å²) in [6, 6.07) is 7.43. The Balaban J connectivity index is 3.03. The molecule has 2 atom stereocenters. The quantitative estimate of drug-likeness (QED) is 0.762. The summed E-state index contributed by atoms with van der Waals surface area (Å²) in [4.78, 5) is 0. The van der Waals surface area contributed by atoms with Crippen molar-refractivity contribution >= 4 is 26.5 Å². The molecule has 0 aliphatic rings. The first-order chi connectivity index (χ1) is 9.41. The van der Waals surface area contributed by atoms with Crippen molar-refractivity contribution in [2.75, 3.05) is 0 Å². The molecule has 118 valence electrons. The molecule has 1 rings (SSSR count). The summed E-state index contributed by atoms with van der Waals surface area (Å²) in [5.41, 5.74) is 3.09. The normalized spacial score (nSPS) is 15.9. The van der Waals surface area contributed by atoms with Crippen LogP contribution in [0.1, 0.15) is 78.6 Å². The minimum absolute atomic E-state index is 0.128. The molecule has 0 saturated carbocycles. The Kier molecular flexibility index (Phi) is 6.36. The van der Waals surface area contributed by atoms with Crippen molar-refractivity contribution < 1.29 is 0 Å². The van der Waals surface area contributed by atoms with Crippen LogP contribution in [0.4, 0.5) is 0 Å². The second-order valence-corrected chi connectivity index (χ2v) is 9.29. The van der Waals surface area contributed by atoms with E-state index in [1.54, 1.807) is 0 Å². The minimum atomic E-state index is 0.128. The number of hydrogen-bond acceptors (Lipinski definition) is 2. The zero-order chi connectivity index (χ0) is 16.4. The number of nitrogens with one attached hydrogen (secondary N) is 2. The molecule has 21 heavy (non-hydrogen) atoms. The predicted octanol–water partition coefficient (Wildman–Crippen LogP) is 3.38. The second-order valence-electron chi connectivity index (χ2n) is 8.02. The summed E-state index contributed by atoms with van der Waals surface area (Å²) in [6.45, 7) is 17.8. The average molecular weight is 397 g/mol. The molecular formula is C18H31N2Sb. The third-order valence-electron chi connectivity index (χ3n) is 3.33. The fourth-order valence-electron chi connectivity index (χ4n) is 2.73. The van der Waals surface area contributed by atoms with Gasteiger partial charge >= 0.3 is 145 Å². The number of rotatable bonds is 4. The molecule has 0 amide bonds. The molecule has 0 aliphatic heterocycles. The van der Waals surface area contributed by atoms with Gasteiger partial charge in [-0.05, 0) is 0 Å². The maximum atomic E-state index is 3.68. The van der Waals surface area contributed by atoms with Gasteiger partial charge in [0.15, 0.2) is 0 Å². The predicted molar refractivity (Wildman–Crippen MR) is 94.4 cm³/mol. The Bertz CT molecular complexity index is 429. The summed E-state index contributed by atoms with van der Waals surface area (Å²) in [5, 5.41) is 7.36. The third-order valence-corrected chi connectivity index (χ3v) is 4.80. The van der Waals surface area contributed by atoms with Gasteiger partial charge in [-0.2, -0.15) is 0 Å². The van der Waals surface area contributed by atoms with Crippen LogP contribution in [-0.4, -0.2) is 34.1 Å². The van der Waals surface area contributed by atoms with Crippen LogP contribution in [0.15, 0.2) is 18.2 Å². The number of benzene rings is 1. The van der Waals surface area contributed by atoms with Gasteiger partial charge in [-0.1, -0.05) is 0 Å². The van der Waals surface area contributed by atoms with Crippen molar-refractivity contribution in [2.24, 2.45) is 0 Å². The topological polar surface area (TPSA) is 24.1 Å². The summed E-state index contributed by atoms with van der Waals surface area (Å²) < 4.78 is 1.44. The van der Waals surface area contributed by atoms with Gasteiger partial charge in [0.25, 0.3) is 0 Å². The molecule has 0 spiro atoms. The Morgan fingerprint density at radius 3 is 1.43 bits per heavy atom. The van der Waals surface area contributed by atoms with E-state index in [2.05, 4.69) is 84.2 Å². The van der Waals surface area contributed by atoms with E-state index in [-0.39, 0.29) is 11.1 Å². The van der Waals surface area contributed by atoms with Crippen LogP contribution in [0.25, 0.3) is 0 Å². The Morgan fingerprint density at radius 1 is 0.810 bits per heavy atom. The molecule has 1 aromatic carbocycles. The molecular weight excluding hydrogens is 366 g/mol. The Morgan fingerprint density at radius 2 is 1.14 bits per heavy atom. The van der Waals surface area contributed by atoms with Crippen molar-refractivity contribution in [2.45, 2.75) is 78.6 Å². The molecule has 3 heteroatoms. The zero-order valence-corrected chi connectivity index (χ0v) is 17.4. The van der Waals surface area contributed by atoms with Gasteiger partial charge in [0, 0.05) is 0 Å². The summed E-state index contributed by atoms with van der Waals surface area (Å²) >= 11 is 1.82. The van der Waals surface area contributed by atoms with Gasteiger partial charge < -0.3 is 0 Å². The van der Waals surface area contributed by atoms with E-state index in [0.29, 0.717) is 12.1 Å². The van der Waals surface area contributed by atoms with E-state index in [4.69, 9.17) is 0 Å². The van der Waals surface area contributed by atoms with Crippen molar-refractivity contribution in [3.63, 3.8) is 0 Å². The van der Waals surface area contributed by atoms with E-state index in [1.165, 1.54) is 14.6 Å². The molecule has 0 aliphatic carbocycles. The van der Waals surface area contributed by atoms with Gasteiger partial charge in [0.05, 0.1) is 0 Å². The zero-order valence-electron chi connectivity index (χ0n) is 14.8. The van der Waals surface area contributed by atoms with Crippen LogP contribution >= 0.6 is 0 Å². The van der Waals surface area contributed by atoms with Crippen molar-refractivity contribution in [1.82, 2.24) is 10.6 Å². The molecule has 2 N–H and O–H groups in total. The first-order valence-corrected chi connectivity index (χ1v) is 9.05. The van der Waals surface area contributed by atoms with Crippen LogP contribution in [0.2, 0.25) is 0 Å². The van der Waals surface area contributed by atoms with E-state index in [1.807, 2.05) is 23.0 Å². The van der Waals surface area contributed by atoms with Crippen molar-refractivity contribution in [1.29, 1.82) is 0 Å². The third kappa shape index (κ3) is 6.30. The standard InChI is InChI=1S/C18H31N2.Sb/c1-13(19-17(3,4)5)15-10-9-11-16(12-15)14(2)20-18(6,7)8;/h9-11,13-14,19-20H,1-8H3;. The number of hydrogen-bond donors (Lipinski definition) is 2. The first-order valence-electron chi connectivity index (χ1n) is 7.78. The summed E-state index contributed by atoms with van der Waals surface area (Å²) in [6.07, 6.45) is 0. The molecule has 0 aromatic heterocycles. The Hall–Kier alpha value is -0.0418. The fraction of sp³-hybridized carbons (Fsp3) is 0.667. The maximum absolute atomic E-state index is 3.68. The summed E-state index contributed by atoms with van der Waals surface area (Å²) in [5.74, 6) is 0. The second kappa shape index (κ2) is 7.02. The van der Waals surface area contributed by atoms with E-state index < -0.39 is 0 Å². The molecule has 0 saturated heterocycles. The van der Waals surface area contributed by atoms with Crippen LogP contribution in [-0.2, 0) is 0 Å². The van der Waals surface area contributed by atoms with Crippen LogP contribution in [0, 0.1) is 0 Å². The van der Waals surface area contributed by atoms with Gasteiger partial charge in [0.2, 0.25) is 0 Å². The molecule has 2 nitrogen and oxygen atoms in total. The summed E-state index contributed by atoms with van der Waals surface area (Å²) in [7, 11) is 0. The van der Waals surface area contributed by atoms with Gasteiger partial charge in [-0.15, -0.1) is 0 Å². The van der Waals surface area contributed by atoms with Crippen LogP contribution in [0.5, 0.6) is 0 Å². The van der Waals surface area contributed by atoms with Crippen LogP contribution < -0.4 is 14.1 Å². The van der Waals surface area contributed by atoms with Gasteiger partial charge in [-0.3, -0.25) is 0 Å². The SMILES string of the molecule is CC(NC(C)(C)C)c1cccc(C(C)NC(C)(C)C)[c]1[Sb]. The van der Waals surface area contributed by atoms with E-state index >= 15 is 0 Å². The Labute approximate surface area is 145 Å². The monoisotopic (exact) mass is 396 g/mol. The van der Waals surface area contributed by atoms with Crippen molar-refractivity contribution in [3.8, 4) is 0 Å². The fourth-order valence-corrected chi connectivity index (χ4v) is 4.26. The van der Waals surface area contributed by atoms with Crippen molar-refractivity contribution in [3.05, 3.63) is 29.3 Å². The molecule has 0 heterocycles. The molecule has 0 fully saturated rings. The molecule has 2 unspecified atom stereocenters. The van der Waals surface area contributed by atoms with Gasteiger partial charge in [-0.25, -0.2) is 0 Å². The van der Waals surface area contributed by atoms with Crippen LogP contribution in [0.3, 0.4) is 0 Å². The van der Waals surface area contributed by atoms with E-state index in [0.717, 1.165) is 0 Å². The average Bonchev–Trinajstić information content (AvgIpc) is 2.23. The van der Waals surface area contributed by atoms with Gasteiger partial charge in [0.1, 0.15) is 0 Å². The first kappa shape index (κ1) is 19.0. The molecule has 2 radical (unpaired) electrons.